The molecular formula is C18H24N4O3. The van der Waals surface area contributed by atoms with Crippen molar-refractivity contribution in [1.82, 2.24) is 15.2 Å². The van der Waals surface area contributed by atoms with Crippen molar-refractivity contribution in [2.24, 2.45) is 0 Å². The lowest BCUT2D eigenvalue weighted by atomic mass is 10.2. The lowest BCUT2D eigenvalue weighted by Gasteiger charge is -2.13. The van der Waals surface area contributed by atoms with Crippen LogP contribution in [0.5, 0.6) is 11.5 Å². The largest absolute Gasteiger partial charge is 0.497 e. The zero-order valence-corrected chi connectivity index (χ0v) is 15.0. The van der Waals surface area contributed by atoms with Gasteiger partial charge in [0.05, 0.1) is 37.4 Å². The minimum atomic E-state index is -0.157. The van der Waals surface area contributed by atoms with E-state index in [1.54, 1.807) is 32.7 Å². The first-order valence-corrected chi connectivity index (χ1v) is 7.90. The third kappa shape index (κ3) is 5.36. The van der Waals surface area contributed by atoms with E-state index in [0.29, 0.717) is 29.3 Å². The summed E-state index contributed by atoms with van der Waals surface area (Å²) in [6.45, 7) is 1.35. The number of carbonyl (C=O) groups excluding carboxylic acids is 1. The number of nitrogens with zero attached hydrogens (tertiary/aromatic N) is 2. The molecule has 0 saturated heterocycles. The van der Waals surface area contributed by atoms with Gasteiger partial charge in [-0.2, -0.15) is 0 Å². The van der Waals surface area contributed by atoms with Crippen LogP contribution >= 0.6 is 0 Å². The second-order valence-corrected chi connectivity index (χ2v) is 5.71. The maximum atomic E-state index is 12.2. The number of pyridine rings is 1. The number of amides is 1. The quantitative estimate of drug-likeness (QED) is 0.764. The smallest absolute Gasteiger partial charge is 0.252 e. The topological polar surface area (TPSA) is 75.7 Å². The molecule has 0 fully saturated rings. The highest BCUT2D eigenvalue weighted by Gasteiger charge is 2.09. The van der Waals surface area contributed by atoms with Gasteiger partial charge in [-0.25, -0.2) is 0 Å². The van der Waals surface area contributed by atoms with Crippen molar-refractivity contribution in [2.75, 3.05) is 46.7 Å². The van der Waals surface area contributed by atoms with Crippen LogP contribution in [0.2, 0.25) is 0 Å². The molecule has 2 N–H and O–H groups in total. The van der Waals surface area contributed by atoms with Crippen LogP contribution in [0.3, 0.4) is 0 Å². The third-order valence-electron chi connectivity index (χ3n) is 3.53. The van der Waals surface area contributed by atoms with E-state index in [1.807, 2.05) is 37.2 Å². The fraction of sp³-hybridized carbons (Fsp3) is 0.333. The fourth-order valence-corrected chi connectivity index (χ4v) is 2.19. The van der Waals surface area contributed by atoms with Gasteiger partial charge in [-0.1, -0.05) is 0 Å². The summed E-state index contributed by atoms with van der Waals surface area (Å²) >= 11 is 0. The summed E-state index contributed by atoms with van der Waals surface area (Å²) in [6.07, 6.45) is 3.19. The molecule has 2 rings (SSSR count). The van der Waals surface area contributed by atoms with Gasteiger partial charge >= 0.3 is 0 Å². The van der Waals surface area contributed by atoms with Gasteiger partial charge in [0.1, 0.15) is 11.5 Å². The number of benzene rings is 1. The number of hydrogen-bond donors (Lipinski definition) is 2. The Kier molecular flexibility index (Phi) is 6.59. The summed E-state index contributed by atoms with van der Waals surface area (Å²) in [5, 5.41) is 6.08. The standard InChI is InChI=1S/C18H24N4O3/c1-22(2)8-7-20-18(23)13-9-14(12-19-11-13)21-16-10-15(24-3)5-6-17(16)25-4/h5-6,9-12,21H,7-8H2,1-4H3,(H,20,23). The van der Waals surface area contributed by atoms with Crippen LogP contribution in [-0.4, -0.2) is 57.2 Å². The molecule has 1 heterocycles. The number of carbonyl (C=O) groups is 1. The zero-order chi connectivity index (χ0) is 18.2. The van der Waals surface area contributed by atoms with Crippen LogP contribution in [-0.2, 0) is 0 Å². The number of methoxy groups -OCH3 is 2. The second kappa shape index (κ2) is 8.89. The Balaban J connectivity index is 2.12. The second-order valence-electron chi connectivity index (χ2n) is 5.71. The van der Waals surface area contributed by atoms with Gasteiger partial charge in [-0.15, -0.1) is 0 Å². The first-order valence-electron chi connectivity index (χ1n) is 7.90. The van der Waals surface area contributed by atoms with E-state index < -0.39 is 0 Å². The normalized spacial score (nSPS) is 10.4. The van der Waals surface area contributed by atoms with E-state index in [1.165, 1.54) is 0 Å². The molecule has 0 radical (unpaired) electrons. The Bertz CT molecular complexity index is 719. The molecule has 7 nitrogen and oxygen atoms in total. The van der Waals surface area contributed by atoms with Gasteiger partial charge in [0.25, 0.3) is 5.91 Å². The molecule has 2 aromatic rings. The maximum absolute atomic E-state index is 12.2. The van der Waals surface area contributed by atoms with Crippen molar-refractivity contribution >= 4 is 17.3 Å². The Morgan fingerprint density at radius 3 is 2.64 bits per heavy atom. The van der Waals surface area contributed by atoms with Gasteiger partial charge in [0, 0.05) is 25.4 Å². The van der Waals surface area contributed by atoms with Crippen LogP contribution in [0, 0.1) is 0 Å². The molecule has 1 amide bonds. The minimum absolute atomic E-state index is 0.157. The monoisotopic (exact) mass is 344 g/mol. The van der Waals surface area contributed by atoms with E-state index in [-0.39, 0.29) is 5.91 Å². The van der Waals surface area contributed by atoms with Crippen molar-refractivity contribution < 1.29 is 14.3 Å². The SMILES string of the molecule is COc1ccc(OC)c(Nc2cncc(C(=O)NCCN(C)C)c2)c1. The Labute approximate surface area is 148 Å². The average Bonchev–Trinajstić information content (AvgIpc) is 2.61. The van der Waals surface area contributed by atoms with E-state index in [2.05, 4.69) is 15.6 Å². The lowest BCUT2D eigenvalue weighted by molar-refractivity contribution is 0.0950. The molecule has 0 saturated carbocycles. The van der Waals surface area contributed by atoms with Crippen LogP contribution in [0.1, 0.15) is 10.4 Å². The zero-order valence-electron chi connectivity index (χ0n) is 15.0. The summed E-state index contributed by atoms with van der Waals surface area (Å²) in [7, 11) is 7.12. The summed E-state index contributed by atoms with van der Waals surface area (Å²) in [6, 6.07) is 7.20. The molecule has 134 valence electrons. The molecule has 0 aliphatic rings. The number of rotatable bonds is 8. The van der Waals surface area contributed by atoms with Crippen LogP contribution in [0.25, 0.3) is 0 Å². The number of ether oxygens (including phenoxy) is 2. The highest BCUT2D eigenvalue weighted by atomic mass is 16.5. The minimum Gasteiger partial charge on any atom is -0.497 e. The highest BCUT2D eigenvalue weighted by molar-refractivity contribution is 5.94. The van der Waals surface area contributed by atoms with Gasteiger partial charge in [-0.05, 0) is 32.3 Å². The summed E-state index contributed by atoms with van der Waals surface area (Å²) in [4.78, 5) is 18.4. The van der Waals surface area contributed by atoms with Crippen LogP contribution in [0.4, 0.5) is 11.4 Å². The summed E-state index contributed by atoms with van der Waals surface area (Å²) < 4.78 is 10.6. The maximum Gasteiger partial charge on any atom is 0.252 e. The molecule has 0 spiro atoms. The van der Waals surface area contributed by atoms with E-state index >= 15 is 0 Å². The summed E-state index contributed by atoms with van der Waals surface area (Å²) in [5.74, 6) is 1.21. The summed E-state index contributed by atoms with van der Waals surface area (Å²) in [5.41, 5.74) is 1.91. The van der Waals surface area contributed by atoms with Crippen LogP contribution < -0.4 is 20.1 Å². The van der Waals surface area contributed by atoms with Gasteiger partial charge in [0.2, 0.25) is 0 Å². The number of anilines is 2. The first-order chi connectivity index (χ1) is 12.0. The molecule has 0 aliphatic carbocycles. The Hall–Kier alpha value is -2.80. The molecule has 0 unspecified atom stereocenters. The number of aromatic nitrogens is 1. The third-order valence-corrected chi connectivity index (χ3v) is 3.53. The Morgan fingerprint density at radius 1 is 1.16 bits per heavy atom. The highest BCUT2D eigenvalue weighted by Crippen LogP contribution is 2.31. The first kappa shape index (κ1) is 18.5. The van der Waals surface area contributed by atoms with Gasteiger partial charge < -0.3 is 25.0 Å². The molecule has 1 aromatic carbocycles. The molecule has 7 heteroatoms. The van der Waals surface area contributed by atoms with Gasteiger partial charge in [-0.3, -0.25) is 9.78 Å². The predicted octanol–water partition coefficient (Wildman–Crippen LogP) is 2.13. The van der Waals surface area contributed by atoms with E-state index in [9.17, 15) is 4.79 Å². The predicted molar refractivity (Wildman–Crippen MR) is 98.0 cm³/mol. The molecular weight excluding hydrogens is 320 g/mol. The molecule has 0 atom stereocenters. The molecule has 0 aliphatic heterocycles. The lowest BCUT2D eigenvalue weighted by Crippen LogP contribution is -2.31. The fourth-order valence-electron chi connectivity index (χ4n) is 2.19. The number of likely N-dealkylation sites (N-methyl/N-ethyl adjacent to an activating group) is 1. The van der Waals surface area contributed by atoms with Crippen molar-refractivity contribution in [1.29, 1.82) is 0 Å². The number of nitrogens with one attached hydrogen (secondary N) is 2. The molecule has 1 aromatic heterocycles. The van der Waals surface area contributed by atoms with Crippen molar-refractivity contribution in [3.05, 3.63) is 42.2 Å². The van der Waals surface area contributed by atoms with Gasteiger partial charge in [0.15, 0.2) is 0 Å². The van der Waals surface area contributed by atoms with Crippen molar-refractivity contribution in [3.8, 4) is 11.5 Å². The van der Waals surface area contributed by atoms with Crippen molar-refractivity contribution in [2.45, 2.75) is 0 Å². The Morgan fingerprint density at radius 2 is 1.96 bits per heavy atom. The average molecular weight is 344 g/mol. The molecule has 25 heavy (non-hydrogen) atoms. The molecule has 0 bridgehead atoms. The van der Waals surface area contributed by atoms with E-state index in [0.717, 1.165) is 12.2 Å². The van der Waals surface area contributed by atoms with Crippen LogP contribution in [0.15, 0.2) is 36.7 Å². The number of hydrogen-bond acceptors (Lipinski definition) is 6. The van der Waals surface area contributed by atoms with E-state index in [4.69, 9.17) is 9.47 Å². The van der Waals surface area contributed by atoms with Crippen molar-refractivity contribution in [3.63, 3.8) is 0 Å².